The maximum absolute atomic E-state index is 11.4. The summed E-state index contributed by atoms with van der Waals surface area (Å²) in [5.74, 6) is -1.18. The highest BCUT2D eigenvalue weighted by Crippen LogP contribution is 2.22. The zero-order valence-electron chi connectivity index (χ0n) is 10.7. The van der Waals surface area contributed by atoms with E-state index in [1.807, 2.05) is 0 Å². The normalized spacial score (nSPS) is 9.94. The van der Waals surface area contributed by atoms with E-state index in [0.717, 1.165) is 0 Å². The molecule has 0 aliphatic carbocycles. The predicted octanol–water partition coefficient (Wildman–Crippen LogP) is 0.776. The van der Waals surface area contributed by atoms with E-state index in [2.05, 4.69) is 5.32 Å². The van der Waals surface area contributed by atoms with Gasteiger partial charge in [0.15, 0.2) is 0 Å². The number of anilines is 2. The van der Waals surface area contributed by atoms with Gasteiger partial charge in [0.2, 0.25) is 5.91 Å². The molecule has 98 valence electrons. The molecule has 0 spiro atoms. The monoisotopic (exact) mass is 251 g/mol. The first-order chi connectivity index (χ1) is 8.32. The molecule has 0 saturated carbocycles. The molecule has 6 nitrogen and oxygen atoms in total. The van der Waals surface area contributed by atoms with Crippen molar-refractivity contribution in [1.29, 1.82) is 0 Å². The first-order valence-corrected chi connectivity index (χ1v) is 5.40. The fourth-order valence-corrected chi connectivity index (χ4v) is 1.41. The number of amides is 1. The molecule has 0 aromatic heterocycles. The summed E-state index contributed by atoms with van der Waals surface area (Å²) >= 11 is 0. The summed E-state index contributed by atoms with van der Waals surface area (Å²) in [5.41, 5.74) is 7.18. The van der Waals surface area contributed by atoms with Gasteiger partial charge >= 0.3 is 5.97 Å². The summed E-state index contributed by atoms with van der Waals surface area (Å²) in [6.45, 7) is 1.83. The Kier molecular flexibility index (Phi) is 4.14. The summed E-state index contributed by atoms with van der Waals surface area (Å²) in [7, 11) is 3.31. The average Bonchev–Trinajstić information content (AvgIpc) is 2.29. The number of nitrogens with two attached hydrogens (primary N) is 1. The molecule has 1 aromatic carbocycles. The summed E-state index contributed by atoms with van der Waals surface area (Å²) in [6, 6.07) is 3.14. The van der Waals surface area contributed by atoms with Gasteiger partial charge in [-0.15, -0.1) is 0 Å². The zero-order valence-corrected chi connectivity index (χ0v) is 10.7. The van der Waals surface area contributed by atoms with E-state index < -0.39 is 5.97 Å². The third-order valence-corrected chi connectivity index (χ3v) is 2.56. The van der Waals surface area contributed by atoms with E-state index in [4.69, 9.17) is 10.8 Å². The number of carbonyl (C=O) groups excluding carboxylic acids is 1. The molecule has 0 bridgehead atoms. The van der Waals surface area contributed by atoms with Crippen LogP contribution in [0.5, 0.6) is 0 Å². The highest BCUT2D eigenvalue weighted by molar-refractivity contribution is 5.96. The van der Waals surface area contributed by atoms with Crippen LogP contribution < -0.4 is 11.1 Å². The number of rotatable bonds is 4. The molecule has 0 unspecified atom stereocenters. The van der Waals surface area contributed by atoms with Gasteiger partial charge in [-0.3, -0.25) is 4.79 Å². The van der Waals surface area contributed by atoms with E-state index in [9.17, 15) is 9.59 Å². The topological polar surface area (TPSA) is 95.7 Å². The van der Waals surface area contributed by atoms with Gasteiger partial charge in [-0.05, 0) is 24.6 Å². The van der Waals surface area contributed by atoms with Crippen molar-refractivity contribution in [2.75, 3.05) is 31.7 Å². The fourth-order valence-electron chi connectivity index (χ4n) is 1.41. The number of hydrogen-bond donors (Lipinski definition) is 3. The number of carboxylic acid groups (broad SMARTS) is 1. The first kappa shape index (κ1) is 13.8. The minimum Gasteiger partial charge on any atom is -0.478 e. The van der Waals surface area contributed by atoms with Gasteiger partial charge in [-0.25, -0.2) is 4.79 Å². The van der Waals surface area contributed by atoms with Crippen molar-refractivity contribution >= 4 is 23.3 Å². The zero-order chi connectivity index (χ0) is 13.9. The molecule has 0 atom stereocenters. The maximum Gasteiger partial charge on any atom is 0.337 e. The van der Waals surface area contributed by atoms with Gasteiger partial charge < -0.3 is 21.1 Å². The standard InChI is InChI=1S/C12H17N3O3/c1-7-4-8(14-6-10(16)15(2)3)5-9(11(7)13)12(17)18/h4-5,14H,6,13H2,1-3H3,(H,17,18). The smallest absolute Gasteiger partial charge is 0.337 e. The van der Waals surface area contributed by atoms with Gasteiger partial charge in [-0.1, -0.05) is 0 Å². The molecule has 1 amide bonds. The molecule has 0 heterocycles. The average molecular weight is 251 g/mol. The molecule has 4 N–H and O–H groups in total. The summed E-state index contributed by atoms with van der Waals surface area (Å²) < 4.78 is 0. The molecule has 6 heteroatoms. The SMILES string of the molecule is Cc1cc(NCC(=O)N(C)C)cc(C(=O)O)c1N. The Bertz CT molecular complexity index is 484. The summed E-state index contributed by atoms with van der Waals surface area (Å²) in [6.07, 6.45) is 0. The maximum atomic E-state index is 11.4. The predicted molar refractivity (Wildman–Crippen MR) is 69.7 cm³/mol. The minimum atomic E-state index is -1.09. The fraction of sp³-hybridized carbons (Fsp3) is 0.333. The summed E-state index contributed by atoms with van der Waals surface area (Å²) in [4.78, 5) is 23.9. The van der Waals surface area contributed by atoms with Gasteiger partial charge in [0, 0.05) is 25.5 Å². The number of benzene rings is 1. The highest BCUT2D eigenvalue weighted by atomic mass is 16.4. The van der Waals surface area contributed by atoms with Crippen molar-refractivity contribution < 1.29 is 14.7 Å². The van der Waals surface area contributed by atoms with Crippen LogP contribution in [0, 0.1) is 6.92 Å². The molecule has 0 aliphatic heterocycles. The first-order valence-electron chi connectivity index (χ1n) is 5.40. The second-order valence-electron chi connectivity index (χ2n) is 4.20. The van der Waals surface area contributed by atoms with Crippen LogP contribution in [-0.2, 0) is 4.79 Å². The van der Waals surface area contributed by atoms with Crippen molar-refractivity contribution in [3.63, 3.8) is 0 Å². The third kappa shape index (κ3) is 3.13. The van der Waals surface area contributed by atoms with E-state index in [1.165, 1.54) is 11.0 Å². The van der Waals surface area contributed by atoms with Crippen LogP contribution in [0.1, 0.15) is 15.9 Å². The Balaban J connectivity index is 2.91. The van der Waals surface area contributed by atoms with Crippen molar-refractivity contribution in [1.82, 2.24) is 4.90 Å². The molecular formula is C12H17N3O3. The van der Waals surface area contributed by atoms with Gasteiger partial charge in [0.1, 0.15) is 0 Å². The van der Waals surface area contributed by atoms with E-state index in [1.54, 1.807) is 27.1 Å². The highest BCUT2D eigenvalue weighted by Gasteiger charge is 2.12. The second kappa shape index (κ2) is 5.39. The van der Waals surface area contributed by atoms with Crippen LogP contribution >= 0.6 is 0 Å². The Morgan fingerprint density at radius 3 is 2.50 bits per heavy atom. The number of aryl methyl sites for hydroxylation is 1. The number of likely N-dealkylation sites (N-methyl/N-ethyl adjacent to an activating group) is 1. The van der Waals surface area contributed by atoms with E-state index >= 15 is 0 Å². The van der Waals surface area contributed by atoms with Gasteiger partial charge in [-0.2, -0.15) is 0 Å². The molecule has 18 heavy (non-hydrogen) atoms. The lowest BCUT2D eigenvalue weighted by molar-refractivity contribution is -0.126. The molecule has 0 fully saturated rings. The number of carbonyl (C=O) groups is 2. The molecule has 0 radical (unpaired) electrons. The second-order valence-corrected chi connectivity index (χ2v) is 4.20. The van der Waals surface area contributed by atoms with Crippen LogP contribution in [0.4, 0.5) is 11.4 Å². The van der Waals surface area contributed by atoms with Crippen molar-refractivity contribution in [3.05, 3.63) is 23.3 Å². The quantitative estimate of drug-likeness (QED) is 0.687. The van der Waals surface area contributed by atoms with Crippen LogP contribution in [-0.4, -0.2) is 42.5 Å². The lowest BCUT2D eigenvalue weighted by Crippen LogP contribution is -2.28. The lowest BCUT2D eigenvalue weighted by Gasteiger charge is -2.13. The van der Waals surface area contributed by atoms with Crippen LogP contribution in [0.25, 0.3) is 0 Å². The van der Waals surface area contributed by atoms with E-state index in [0.29, 0.717) is 11.3 Å². The van der Waals surface area contributed by atoms with E-state index in [-0.39, 0.29) is 23.7 Å². The van der Waals surface area contributed by atoms with Crippen LogP contribution in [0.3, 0.4) is 0 Å². The van der Waals surface area contributed by atoms with Gasteiger partial charge in [0.05, 0.1) is 12.1 Å². The Morgan fingerprint density at radius 1 is 1.39 bits per heavy atom. The molecule has 1 rings (SSSR count). The lowest BCUT2D eigenvalue weighted by atomic mass is 10.1. The van der Waals surface area contributed by atoms with Crippen molar-refractivity contribution in [2.24, 2.45) is 0 Å². The molecule has 1 aromatic rings. The number of aromatic carboxylic acids is 1. The molecule has 0 saturated heterocycles. The number of nitrogens with zero attached hydrogens (tertiary/aromatic N) is 1. The van der Waals surface area contributed by atoms with Crippen LogP contribution in [0.15, 0.2) is 12.1 Å². The molecular weight excluding hydrogens is 234 g/mol. The number of nitrogen functional groups attached to an aromatic ring is 1. The Labute approximate surface area is 105 Å². The van der Waals surface area contributed by atoms with Crippen molar-refractivity contribution in [2.45, 2.75) is 6.92 Å². The molecule has 0 aliphatic rings. The third-order valence-electron chi connectivity index (χ3n) is 2.56. The Hall–Kier alpha value is -2.24. The summed E-state index contributed by atoms with van der Waals surface area (Å²) in [5, 5.41) is 11.9. The largest absolute Gasteiger partial charge is 0.478 e. The minimum absolute atomic E-state index is 0.0369. The number of nitrogens with one attached hydrogen (secondary N) is 1. The van der Waals surface area contributed by atoms with Gasteiger partial charge in [0.25, 0.3) is 0 Å². The van der Waals surface area contributed by atoms with Crippen molar-refractivity contribution in [3.8, 4) is 0 Å². The number of hydrogen-bond acceptors (Lipinski definition) is 4. The Morgan fingerprint density at radius 2 is 2.00 bits per heavy atom. The van der Waals surface area contributed by atoms with Crippen LogP contribution in [0.2, 0.25) is 0 Å². The number of carboxylic acids is 1.